The lowest BCUT2D eigenvalue weighted by molar-refractivity contribution is 0.0987. The normalized spacial score (nSPS) is 18.2. The summed E-state index contributed by atoms with van der Waals surface area (Å²) >= 11 is 0. The van der Waals surface area contributed by atoms with Gasteiger partial charge in [-0.15, -0.1) is 0 Å². The van der Waals surface area contributed by atoms with Gasteiger partial charge in [-0.25, -0.2) is 4.39 Å². The predicted molar refractivity (Wildman–Crippen MR) is 82.5 cm³/mol. The Kier molecular flexibility index (Phi) is 4.20. The Labute approximate surface area is 128 Å². The molecule has 6 heteroatoms. The van der Waals surface area contributed by atoms with E-state index >= 15 is 0 Å². The molecule has 22 heavy (non-hydrogen) atoms. The number of nitrogens with one attached hydrogen (secondary N) is 1. The fraction of sp³-hybridized carbons (Fsp3) is 0.375. The second kappa shape index (κ2) is 6.27. The molecule has 1 atom stereocenters. The standard InChI is InChI=1S/C16H19FN4O/c1-20(13-6-4-12(17)5-7-13)16(22)15-8-10-21(19-15)14-3-2-9-18-11-14/h4-8,10,14,18H,2-3,9,11H2,1H3. The molecule has 0 radical (unpaired) electrons. The summed E-state index contributed by atoms with van der Waals surface area (Å²) in [6.45, 7) is 1.92. The predicted octanol–water partition coefficient (Wildman–Crippen LogP) is 2.22. The smallest absolute Gasteiger partial charge is 0.278 e. The number of hydrogen-bond acceptors (Lipinski definition) is 3. The molecule has 1 aliphatic rings. The number of halogens is 1. The fourth-order valence-electron chi connectivity index (χ4n) is 2.67. The van der Waals surface area contributed by atoms with Crippen LogP contribution in [-0.2, 0) is 0 Å². The summed E-state index contributed by atoms with van der Waals surface area (Å²) in [7, 11) is 1.66. The van der Waals surface area contributed by atoms with Crippen LogP contribution in [0.15, 0.2) is 36.5 Å². The zero-order chi connectivity index (χ0) is 15.5. The molecular formula is C16H19FN4O. The van der Waals surface area contributed by atoms with E-state index in [9.17, 15) is 9.18 Å². The van der Waals surface area contributed by atoms with Crippen molar-refractivity contribution in [1.29, 1.82) is 0 Å². The maximum atomic E-state index is 13.0. The van der Waals surface area contributed by atoms with Crippen molar-refractivity contribution >= 4 is 11.6 Å². The summed E-state index contributed by atoms with van der Waals surface area (Å²) < 4.78 is 14.8. The maximum absolute atomic E-state index is 13.0. The fourth-order valence-corrected chi connectivity index (χ4v) is 2.67. The molecule has 1 unspecified atom stereocenters. The van der Waals surface area contributed by atoms with Gasteiger partial charge in [0.2, 0.25) is 0 Å². The first-order valence-corrected chi connectivity index (χ1v) is 7.44. The SMILES string of the molecule is CN(C(=O)c1ccn(C2CCCNC2)n1)c1ccc(F)cc1. The summed E-state index contributed by atoms with van der Waals surface area (Å²) in [4.78, 5) is 13.9. The lowest BCUT2D eigenvalue weighted by atomic mass is 10.1. The molecule has 1 aliphatic heterocycles. The molecule has 1 amide bonds. The number of carbonyl (C=O) groups is 1. The van der Waals surface area contributed by atoms with Gasteiger partial charge in [0, 0.05) is 25.5 Å². The monoisotopic (exact) mass is 302 g/mol. The summed E-state index contributed by atoms with van der Waals surface area (Å²) in [5, 5.41) is 7.74. The van der Waals surface area contributed by atoms with Crippen molar-refractivity contribution < 1.29 is 9.18 Å². The van der Waals surface area contributed by atoms with Gasteiger partial charge in [0.25, 0.3) is 5.91 Å². The number of rotatable bonds is 3. The minimum atomic E-state index is -0.321. The van der Waals surface area contributed by atoms with E-state index in [1.165, 1.54) is 17.0 Å². The molecule has 0 saturated carbocycles. The van der Waals surface area contributed by atoms with Crippen LogP contribution in [-0.4, -0.2) is 35.8 Å². The van der Waals surface area contributed by atoms with Gasteiger partial charge in [-0.3, -0.25) is 9.48 Å². The van der Waals surface area contributed by atoms with E-state index < -0.39 is 0 Å². The minimum Gasteiger partial charge on any atom is -0.315 e. The van der Waals surface area contributed by atoms with Crippen molar-refractivity contribution in [2.75, 3.05) is 25.0 Å². The molecule has 1 saturated heterocycles. The average molecular weight is 302 g/mol. The van der Waals surface area contributed by atoms with Crippen LogP contribution in [0.2, 0.25) is 0 Å². The molecule has 0 aliphatic carbocycles. The molecule has 116 valence electrons. The van der Waals surface area contributed by atoms with Crippen LogP contribution >= 0.6 is 0 Å². The van der Waals surface area contributed by atoms with Crippen LogP contribution in [0.1, 0.15) is 29.4 Å². The Bertz CT molecular complexity index is 646. The van der Waals surface area contributed by atoms with Gasteiger partial charge in [-0.1, -0.05) is 0 Å². The van der Waals surface area contributed by atoms with E-state index in [1.807, 2.05) is 10.9 Å². The maximum Gasteiger partial charge on any atom is 0.278 e. The zero-order valence-electron chi connectivity index (χ0n) is 12.5. The number of carbonyl (C=O) groups excluding carboxylic acids is 1. The molecule has 0 bridgehead atoms. The van der Waals surface area contributed by atoms with Crippen molar-refractivity contribution in [3.8, 4) is 0 Å². The first kappa shape index (κ1) is 14.7. The summed E-state index contributed by atoms with van der Waals surface area (Å²) in [6, 6.07) is 7.87. The van der Waals surface area contributed by atoms with Crippen LogP contribution in [0.25, 0.3) is 0 Å². The summed E-state index contributed by atoms with van der Waals surface area (Å²) in [5.74, 6) is -0.521. The van der Waals surface area contributed by atoms with Crippen molar-refractivity contribution in [1.82, 2.24) is 15.1 Å². The summed E-state index contributed by atoms with van der Waals surface area (Å²) in [6.07, 6.45) is 4.03. The number of hydrogen-bond donors (Lipinski definition) is 1. The van der Waals surface area contributed by atoms with Crippen molar-refractivity contribution in [3.05, 3.63) is 48.0 Å². The van der Waals surface area contributed by atoms with E-state index in [0.29, 0.717) is 17.4 Å². The highest BCUT2D eigenvalue weighted by molar-refractivity contribution is 6.04. The van der Waals surface area contributed by atoms with Gasteiger partial charge in [0.1, 0.15) is 5.82 Å². The number of anilines is 1. The molecule has 3 rings (SSSR count). The Balaban J connectivity index is 1.74. The molecule has 5 nitrogen and oxygen atoms in total. The van der Waals surface area contributed by atoms with Crippen molar-refractivity contribution in [2.45, 2.75) is 18.9 Å². The van der Waals surface area contributed by atoms with Gasteiger partial charge in [0.05, 0.1) is 6.04 Å². The molecule has 2 aromatic rings. The van der Waals surface area contributed by atoms with Crippen LogP contribution in [0.3, 0.4) is 0 Å². The Morgan fingerprint density at radius 3 is 2.82 bits per heavy atom. The lowest BCUT2D eigenvalue weighted by Crippen LogP contribution is -2.32. The molecule has 2 heterocycles. The highest BCUT2D eigenvalue weighted by atomic mass is 19.1. The number of piperidine rings is 1. The number of aromatic nitrogens is 2. The first-order valence-electron chi connectivity index (χ1n) is 7.44. The third kappa shape index (κ3) is 3.01. The quantitative estimate of drug-likeness (QED) is 0.946. The van der Waals surface area contributed by atoms with E-state index in [2.05, 4.69) is 10.4 Å². The van der Waals surface area contributed by atoms with E-state index in [4.69, 9.17) is 0 Å². The van der Waals surface area contributed by atoms with E-state index in [-0.39, 0.29) is 11.7 Å². The first-order chi connectivity index (χ1) is 10.6. The van der Waals surface area contributed by atoms with Crippen LogP contribution < -0.4 is 10.2 Å². The number of nitrogens with zero attached hydrogens (tertiary/aromatic N) is 3. The third-order valence-electron chi connectivity index (χ3n) is 3.99. The van der Waals surface area contributed by atoms with Gasteiger partial charge in [-0.05, 0) is 49.7 Å². The number of amides is 1. The van der Waals surface area contributed by atoms with Crippen LogP contribution in [0.5, 0.6) is 0 Å². The molecule has 1 fully saturated rings. The Morgan fingerprint density at radius 2 is 2.14 bits per heavy atom. The molecule has 1 aromatic carbocycles. The molecular weight excluding hydrogens is 283 g/mol. The Morgan fingerprint density at radius 1 is 1.36 bits per heavy atom. The second-order valence-electron chi connectivity index (χ2n) is 5.52. The highest BCUT2D eigenvalue weighted by Crippen LogP contribution is 2.18. The summed E-state index contributed by atoms with van der Waals surface area (Å²) in [5.41, 5.74) is 1.04. The Hall–Kier alpha value is -2.21. The molecule has 0 spiro atoms. The molecule has 1 N–H and O–H groups in total. The second-order valence-corrected chi connectivity index (χ2v) is 5.52. The van der Waals surface area contributed by atoms with Gasteiger partial charge in [-0.2, -0.15) is 5.10 Å². The van der Waals surface area contributed by atoms with Gasteiger partial charge >= 0.3 is 0 Å². The topological polar surface area (TPSA) is 50.2 Å². The largest absolute Gasteiger partial charge is 0.315 e. The average Bonchev–Trinajstić information content (AvgIpc) is 3.05. The van der Waals surface area contributed by atoms with E-state index in [0.717, 1.165) is 25.9 Å². The zero-order valence-corrected chi connectivity index (χ0v) is 12.5. The minimum absolute atomic E-state index is 0.200. The van der Waals surface area contributed by atoms with Gasteiger partial charge in [0.15, 0.2) is 5.69 Å². The third-order valence-corrected chi connectivity index (χ3v) is 3.99. The van der Waals surface area contributed by atoms with E-state index in [1.54, 1.807) is 25.2 Å². The van der Waals surface area contributed by atoms with Crippen molar-refractivity contribution in [2.24, 2.45) is 0 Å². The van der Waals surface area contributed by atoms with Crippen LogP contribution in [0.4, 0.5) is 10.1 Å². The number of benzene rings is 1. The van der Waals surface area contributed by atoms with Crippen molar-refractivity contribution in [3.63, 3.8) is 0 Å². The van der Waals surface area contributed by atoms with Gasteiger partial charge < -0.3 is 10.2 Å². The lowest BCUT2D eigenvalue weighted by Gasteiger charge is -2.23. The molecule has 1 aromatic heterocycles. The highest BCUT2D eigenvalue weighted by Gasteiger charge is 2.20. The van der Waals surface area contributed by atoms with Crippen LogP contribution in [0, 0.1) is 5.82 Å².